The van der Waals surface area contributed by atoms with Crippen molar-refractivity contribution in [2.45, 2.75) is 31.9 Å². The van der Waals surface area contributed by atoms with E-state index in [2.05, 4.69) is 14.9 Å². The van der Waals surface area contributed by atoms with Crippen molar-refractivity contribution in [2.24, 2.45) is 0 Å². The van der Waals surface area contributed by atoms with Gasteiger partial charge in [-0.05, 0) is 19.8 Å². The zero-order chi connectivity index (χ0) is 13.9. The van der Waals surface area contributed by atoms with E-state index in [-0.39, 0.29) is 11.7 Å². The normalized spacial score (nSPS) is 25.8. The molecule has 1 atom stereocenters. The van der Waals surface area contributed by atoms with Gasteiger partial charge in [-0.15, -0.1) is 0 Å². The molecule has 110 valence electrons. The van der Waals surface area contributed by atoms with Gasteiger partial charge in [-0.1, -0.05) is 0 Å². The highest BCUT2D eigenvalue weighted by molar-refractivity contribution is 5.03. The Hall–Kier alpha value is -1.24. The van der Waals surface area contributed by atoms with E-state index in [1.54, 1.807) is 0 Å². The van der Waals surface area contributed by atoms with E-state index in [1.807, 2.05) is 6.92 Å². The van der Waals surface area contributed by atoms with Crippen molar-refractivity contribution in [3.63, 3.8) is 0 Å². The van der Waals surface area contributed by atoms with Crippen LogP contribution >= 0.6 is 0 Å². The lowest BCUT2D eigenvalue weighted by Crippen LogP contribution is -2.47. The summed E-state index contributed by atoms with van der Waals surface area (Å²) in [6, 6.07) is 2.06. The molecule has 2 fully saturated rings. The molecule has 6 heteroatoms. The number of H-pyrrole nitrogens is 1. The number of aromatic amines is 1. The number of morpholine rings is 1. The van der Waals surface area contributed by atoms with Crippen molar-refractivity contribution in [1.82, 2.24) is 14.9 Å². The van der Waals surface area contributed by atoms with Gasteiger partial charge >= 0.3 is 0 Å². The molecule has 2 aliphatic heterocycles. The third-order valence-corrected chi connectivity index (χ3v) is 4.00. The van der Waals surface area contributed by atoms with Crippen molar-refractivity contribution in [3.05, 3.63) is 27.9 Å². The fourth-order valence-electron chi connectivity index (χ4n) is 2.97. The Morgan fingerprint density at radius 1 is 1.35 bits per heavy atom. The molecule has 1 aromatic rings. The Bertz CT molecular complexity index is 511. The van der Waals surface area contributed by atoms with E-state index in [1.165, 1.54) is 6.07 Å². The van der Waals surface area contributed by atoms with E-state index in [4.69, 9.17) is 9.47 Å². The smallest absolute Gasteiger partial charge is 0.251 e. The average molecular weight is 279 g/mol. The van der Waals surface area contributed by atoms with Crippen LogP contribution < -0.4 is 5.56 Å². The van der Waals surface area contributed by atoms with Crippen LogP contribution in [0.4, 0.5) is 0 Å². The van der Waals surface area contributed by atoms with Gasteiger partial charge in [0.2, 0.25) is 0 Å². The van der Waals surface area contributed by atoms with Crippen LogP contribution in [-0.2, 0) is 9.47 Å². The van der Waals surface area contributed by atoms with Crippen LogP contribution in [0.15, 0.2) is 10.9 Å². The summed E-state index contributed by atoms with van der Waals surface area (Å²) in [4.78, 5) is 21.2. The molecule has 0 bridgehead atoms. The molecule has 0 spiro atoms. The summed E-state index contributed by atoms with van der Waals surface area (Å²) in [6.45, 7) is 5.92. The van der Waals surface area contributed by atoms with Crippen LogP contribution in [0.25, 0.3) is 0 Å². The number of nitrogens with zero attached hydrogens (tertiary/aromatic N) is 2. The summed E-state index contributed by atoms with van der Waals surface area (Å²) in [5, 5.41) is 0. The Balaban J connectivity index is 1.72. The van der Waals surface area contributed by atoms with Gasteiger partial charge in [-0.25, -0.2) is 4.98 Å². The van der Waals surface area contributed by atoms with Crippen LogP contribution in [0, 0.1) is 6.92 Å². The molecule has 0 amide bonds. The standard InChI is InChI=1S/C14H21N3O3/c1-10-8-13(18)16-14(15-10)12-9-17(4-7-20-12)11-2-5-19-6-3-11/h8,11-12H,2-7,9H2,1H3,(H,15,16,18). The van der Waals surface area contributed by atoms with Crippen molar-refractivity contribution >= 4 is 0 Å². The summed E-state index contributed by atoms with van der Waals surface area (Å²) in [7, 11) is 0. The lowest BCUT2D eigenvalue weighted by molar-refractivity contribution is -0.0664. The molecule has 3 rings (SSSR count). The van der Waals surface area contributed by atoms with Crippen molar-refractivity contribution in [3.8, 4) is 0 Å². The van der Waals surface area contributed by atoms with Crippen molar-refractivity contribution in [1.29, 1.82) is 0 Å². The molecule has 0 aromatic carbocycles. The van der Waals surface area contributed by atoms with Crippen LogP contribution in [-0.4, -0.2) is 53.8 Å². The number of hydrogen-bond acceptors (Lipinski definition) is 5. The summed E-state index contributed by atoms with van der Waals surface area (Å²) >= 11 is 0. The van der Waals surface area contributed by atoms with E-state index in [0.29, 0.717) is 18.5 Å². The number of rotatable bonds is 2. The zero-order valence-corrected chi connectivity index (χ0v) is 11.8. The van der Waals surface area contributed by atoms with Crippen LogP contribution in [0.3, 0.4) is 0 Å². The molecule has 1 N–H and O–H groups in total. The number of aromatic nitrogens is 2. The third-order valence-electron chi connectivity index (χ3n) is 4.00. The minimum atomic E-state index is -0.140. The van der Waals surface area contributed by atoms with Gasteiger partial charge in [0.25, 0.3) is 5.56 Å². The first-order valence-electron chi connectivity index (χ1n) is 7.23. The molecule has 2 saturated heterocycles. The summed E-state index contributed by atoms with van der Waals surface area (Å²) in [6.07, 6.45) is 2.01. The van der Waals surface area contributed by atoms with Gasteiger partial charge in [-0.3, -0.25) is 9.69 Å². The Morgan fingerprint density at radius 2 is 2.15 bits per heavy atom. The van der Waals surface area contributed by atoms with Crippen molar-refractivity contribution < 1.29 is 9.47 Å². The fraction of sp³-hybridized carbons (Fsp3) is 0.714. The Kier molecular flexibility index (Phi) is 4.14. The second-order valence-electron chi connectivity index (χ2n) is 5.47. The molecule has 2 aliphatic rings. The van der Waals surface area contributed by atoms with Gasteiger partial charge in [0.1, 0.15) is 11.9 Å². The first-order valence-corrected chi connectivity index (χ1v) is 7.23. The number of aryl methyl sites for hydroxylation is 1. The lowest BCUT2D eigenvalue weighted by atomic mass is 10.1. The van der Waals surface area contributed by atoms with E-state index in [0.717, 1.165) is 44.8 Å². The predicted octanol–water partition coefficient (Wildman–Crippen LogP) is 0.631. The molecule has 0 aliphatic carbocycles. The minimum Gasteiger partial charge on any atom is -0.381 e. The predicted molar refractivity (Wildman–Crippen MR) is 73.7 cm³/mol. The van der Waals surface area contributed by atoms with Gasteiger partial charge < -0.3 is 14.5 Å². The third kappa shape index (κ3) is 3.08. The molecule has 3 heterocycles. The van der Waals surface area contributed by atoms with Gasteiger partial charge in [0.05, 0.1) is 6.61 Å². The molecule has 20 heavy (non-hydrogen) atoms. The van der Waals surface area contributed by atoms with Crippen LogP contribution in [0.5, 0.6) is 0 Å². The van der Waals surface area contributed by atoms with Crippen molar-refractivity contribution in [2.75, 3.05) is 32.9 Å². The van der Waals surface area contributed by atoms with Crippen LogP contribution in [0.2, 0.25) is 0 Å². The highest BCUT2D eigenvalue weighted by Gasteiger charge is 2.29. The fourth-order valence-corrected chi connectivity index (χ4v) is 2.97. The maximum Gasteiger partial charge on any atom is 0.251 e. The minimum absolute atomic E-state index is 0.112. The maximum atomic E-state index is 11.6. The monoisotopic (exact) mass is 279 g/mol. The van der Waals surface area contributed by atoms with Crippen LogP contribution in [0.1, 0.15) is 30.5 Å². The average Bonchev–Trinajstić information content (AvgIpc) is 2.47. The largest absolute Gasteiger partial charge is 0.381 e. The molecule has 1 unspecified atom stereocenters. The number of ether oxygens (including phenoxy) is 2. The Morgan fingerprint density at radius 3 is 2.90 bits per heavy atom. The highest BCUT2D eigenvalue weighted by atomic mass is 16.5. The van der Waals surface area contributed by atoms with Gasteiger partial charge in [0.15, 0.2) is 0 Å². The second kappa shape index (κ2) is 6.03. The molecular weight excluding hydrogens is 258 g/mol. The first kappa shape index (κ1) is 13.7. The Labute approximate surface area is 118 Å². The summed E-state index contributed by atoms with van der Waals surface area (Å²) in [5.74, 6) is 0.645. The summed E-state index contributed by atoms with van der Waals surface area (Å²) < 4.78 is 11.2. The quantitative estimate of drug-likeness (QED) is 0.860. The van der Waals surface area contributed by atoms with Gasteiger partial charge in [0, 0.05) is 44.1 Å². The van der Waals surface area contributed by atoms with E-state index in [9.17, 15) is 4.79 Å². The molecule has 0 radical (unpaired) electrons. The SMILES string of the molecule is Cc1cc(=O)[nH]c(C2CN(C3CCOCC3)CCO2)n1. The molecular formula is C14H21N3O3. The zero-order valence-electron chi connectivity index (χ0n) is 11.8. The maximum absolute atomic E-state index is 11.6. The highest BCUT2D eigenvalue weighted by Crippen LogP contribution is 2.23. The second-order valence-corrected chi connectivity index (χ2v) is 5.47. The first-order chi connectivity index (χ1) is 9.72. The number of hydrogen-bond donors (Lipinski definition) is 1. The molecule has 1 aromatic heterocycles. The molecule has 6 nitrogen and oxygen atoms in total. The topological polar surface area (TPSA) is 67.5 Å². The van der Waals surface area contributed by atoms with E-state index >= 15 is 0 Å². The lowest BCUT2D eigenvalue weighted by Gasteiger charge is -2.39. The molecule has 0 saturated carbocycles. The summed E-state index contributed by atoms with van der Waals surface area (Å²) in [5.41, 5.74) is 0.620. The van der Waals surface area contributed by atoms with E-state index < -0.39 is 0 Å². The number of nitrogens with one attached hydrogen (secondary N) is 1. The van der Waals surface area contributed by atoms with Gasteiger partial charge in [-0.2, -0.15) is 0 Å².